The Morgan fingerprint density at radius 3 is 2.58 bits per heavy atom. The van der Waals surface area contributed by atoms with E-state index in [0.29, 0.717) is 0 Å². The van der Waals surface area contributed by atoms with Gasteiger partial charge in [0.25, 0.3) is 0 Å². The first-order valence-electron chi connectivity index (χ1n) is 3.82. The zero-order valence-electron chi connectivity index (χ0n) is 6.70. The van der Waals surface area contributed by atoms with Gasteiger partial charge in [-0.1, -0.05) is 52.3 Å². The van der Waals surface area contributed by atoms with E-state index in [0.717, 1.165) is 10.9 Å². The number of hydrogen-bond acceptors (Lipinski definition) is 1. The van der Waals surface area contributed by atoms with Crippen LogP contribution in [-0.4, -0.2) is 11.7 Å². The number of benzene rings is 1. The van der Waals surface area contributed by atoms with E-state index in [1.165, 1.54) is 5.56 Å². The lowest BCUT2D eigenvalue weighted by molar-refractivity contribution is 0.340. The Kier molecular flexibility index (Phi) is 4.05. The Labute approximate surface area is 80.9 Å². The van der Waals surface area contributed by atoms with E-state index in [1.54, 1.807) is 0 Å². The molecular formula is C10H11BrO. The number of aliphatic hydroxyl groups excluding tert-OH is 1. The van der Waals surface area contributed by atoms with Gasteiger partial charge in [0.05, 0.1) is 6.61 Å². The molecule has 1 aromatic rings. The van der Waals surface area contributed by atoms with Gasteiger partial charge in [-0.2, -0.15) is 0 Å². The maximum absolute atomic E-state index is 8.70. The SMILES string of the molecule is OC/C(Br)=C/Cc1ccccc1. The van der Waals surface area contributed by atoms with Crippen LogP contribution in [0.1, 0.15) is 5.56 Å². The van der Waals surface area contributed by atoms with Crippen molar-refractivity contribution >= 4 is 15.9 Å². The van der Waals surface area contributed by atoms with Crippen molar-refractivity contribution in [3.05, 3.63) is 46.5 Å². The zero-order chi connectivity index (χ0) is 8.81. The van der Waals surface area contributed by atoms with Crippen LogP contribution in [0.25, 0.3) is 0 Å². The molecule has 0 unspecified atom stereocenters. The van der Waals surface area contributed by atoms with Crippen LogP contribution >= 0.6 is 15.9 Å². The minimum absolute atomic E-state index is 0.0762. The van der Waals surface area contributed by atoms with E-state index in [1.807, 2.05) is 24.3 Å². The first-order chi connectivity index (χ1) is 5.83. The van der Waals surface area contributed by atoms with Crippen molar-refractivity contribution in [3.63, 3.8) is 0 Å². The van der Waals surface area contributed by atoms with Gasteiger partial charge in [-0.25, -0.2) is 0 Å². The van der Waals surface area contributed by atoms with Crippen molar-refractivity contribution in [2.24, 2.45) is 0 Å². The molecule has 0 atom stereocenters. The molecule has 0 aliphatic carbocycles. The van der Waals surface area contributed by atoms with Crippen molar-refractivity contribution in [2.45, 2.75) is 6.42 Å². The predicted octanol–water partition coefficient (Wildman–Crippen LogP) is 2.50. The molecule has 0 heterocycles. The van der Waals surface area contributed by atoms with Crippen LogP contribution in [-0.2, 0) is 6.42 Å². The molecule has 12 heavy (non-hydrogen) atoms. The standard InChI is InChI=1S/C10H11BrO/c11-10(8-12)7-6-9-4-2-1-3-5-9/h1-5,7,12H,6,8H2/b10-7-. The minimum Gasteiger partial charge on any atom is -0.391 e. The van der Waals surface area contributed by atoms with Crippen LogP contribution in [0.4, 0.5) is 0 Å². The van der Waals surface area contributed by atoms with E-state index in [9.17, 15) is 0 Å². The molecule has 1 aromatic carbocycles. The van der Waals surface area contributed by atoms with E-state index in [-0.39, 0.29) is 6.61 Å². The molecule has 0 saturated carbocycles. The van der Waals surface area contributed by atoms with Crippen LogP contribution < -0.4 is 0 Å². The molecule has 0 aliphatic heterocycles. The second kappa shape index (κ2) is 5.12. The summed E-state index contributed by atoms with van der Waals surface area (Å²) >= 11 is 3.25. The molecule has 1 rings (SSSR count). The highest BCUT2D eigenvalue weighted by atomic mass is 79.9. The summed E-state index contributed by atoms with van der Waals surface area (Å²) in [4.78, 5) is 0. The summed E-state index contributed by atoms with van der Waals surface area (Å²) in [5.41, 5.74) is 1.25. The number of rotatable bonds is 3. The average Bonchev–Trinajstić information content (AvgIpc) is 2.16. The smallest absolute Gasteiger partial charge is 0.0743 e. The van der Waals surface area contributed by atoms with Crippen molar-refractivity contribution in [2.75, 3.05) is 6.61 Å². The molecule has 0 amide bonds. The molecule has 1 N–H and O–H groups in total. The lowest BCUT2D eigenvalue weighted by Crippen LogP contribution is -1.84. The highest BCUT2D eigenvalue weighted by Gasteiger charge is 1.89. The molecule has 0 fully saturated rings. The van der Waals surface area contributed by atoms with Crippen LogP contribution in [0, 0.1) is 0 Å². The topological polar surface area (TPSA) is 20.2 Å². The lowest BCUT2D eigenvalue weighted by atomic mass is 10.1. The molecule has 0 radical (unpaired) electrons. The summed E-state index contributed by atoms with van der Waals surface area (Å²) in [6.07, 6.45) is 2.83. The maximum atomic E-state index is 8.70. The third kappa shape index (κ3) is 3.20. The van der Waals surface area contributed by atoms with E-state index < -0.39 is 0 Å². The van der Waals surface area contributed by atoms with Crippen molar-refractivity contribution in [1.82, 2.24) is 0 Å². The molecule has 0 saturated heterocycles. The van der Waals surface area contributed by atoms with Gasteiger partial charge < -0.3 is 5.11 Å². The molecule has 64 valence electrons. The second-order valence-corrected chi connectivity index (χ2v) is 3.52. The van der Waals surface area contributed by atoms with Crippen molar-refractivity contribution in [3.8, 4) is 0 Å². The van der Waals surface area contributed by atoms with Crippen molar-refractivity contribution in [1.29, 1.82) is 0 Å². The van der Waals surface area contributed by atoms with E-state index in [2.05, 4.69) is 28.1 Å². The third-order valence-corrected chi connectivity index (χ3v) is 2.13. The van der Waals surface area contributed by atoms with Gasteiger partial charge in [0.15, 0.2) is 0 Å². The number of aliphatic hydroxyl groups is 1. The summed E-state index contributed by atoms with van der Waals surface area (Å²) in [5, 5.41) is 8.70. The Bertz CT molecular complexity index is 254. The Balaban J connectivity index is 2.54. The lowest BCUT2D eigenvalue weighted by Gasteiger charge is -1.95. The summed E-state index contributed by atoms with van der Waals surface area (Å²) in [5.74, 6) is 0. The summed E-state index contributed by atoms with van der Waals surface area (Å²) in [6, 6.07) is 10.1. The van der Waals surface area contributed by atoms with Gasteiger partial charge in [-0.15, -0.1) is 0 Å². The molecule has 1 nitrogen and oxygen atoms in total. The fourth-order valence-corrected chi connectivity index (χ4v) is 1.07. The van der Waals surface area contributed by atoms with Crippen LogP contribution in [0.15, 0.2) is 40.9 Å². The fraction of sp³-hybridized carbons (Fsp3) is 0.200. The largest absolute Gasteiger partial charge is 0.391 e. The average molecular weight is 227 g/mol. The van der Waals surface area contributed by atoms with Gasteiger partial charge in [-0.05, 0) is 12.0 Å². The predicted molar refractivity (Wildman–Crippen MR) is 54.2 cm³/mol. The molecule has 0 bridgehead atoms. The molecular weight excluding hydrogens is 216 g/mol. The summed E-state index contributed by atoms with van der Waals surface area (Å²) in [6.45, 7) is 0.0762. The maximum Gasteiger partial charge on any atom is 0.0743 e. The first-order valence-corrected chi connectivity index (χ1v) is 4.61. The third-order valence-electron chi connectivity index (χ3n) is 1.55. The Morgan fingerprint density at radius 2 is 2.00 bits per heavy atom. The van der Waals surface area contributed by atoms with Crippen LogP contribution in [0.2, 0.25) is 0 Å². The highest BCUT2D eigenvalue weighted by molar-refractivity contribution is 9.11. The summed E-state index contributed by atoms with van der Waals surface area (Å²) < 4.78 is 0.839. The van der Waals surface area contributed by atoms with E-state index in [4.69, 9.17) is 5.11 Å². The summed E-state index contributed by atoms with van der Waals surface area (Å²) in [7, 11) is 0. The van der Waals surface area contributed by atoms with Crippen molar-refractivity contribution < 1.29 is 5.11 Å². The number of halogens is 1. The highest BCUT2D eigenvalue weighted by Crippen LogP contribution is 2.07. The molecule has 0 aliphatic rings. The molecule has 0 aromatic heterocycles. The monoisotopic (exact) mass is 226 g/mol. The first kappa shape index (κ1) is 9.49. The molecule has 2 heteroatoms. The Morgan fingerprint density at radius 1 is 1.33 bits per heavy atom. The van der Waals surface area contributed by atoms with Gasteiger partial charge in [0.1, 0.15) is 0 Å². The van der Waals surface area contributed by atoms with Crippen LogP contribution in [0.5, 0.6) is 0 Å². The van der Waals surface area contributed by atoms with Gasteiger partial charge in [0.2, 0.25) is 0 Å². The normalized spacial score (nSPS) is 11.7. The number of hydrogen-bond donors (Lipinski definition) is 1. The molecule has 0 spiro atoms. The van der Waals surface area contributed by atoms with Gasteiger partial charge >= 0.3 is 0 Å². The quantitative estimate of drug-likeness (QED) is 0.841. The Hall–Kier alpha value is -0.600. The fourth-order valence-electron chi connectivity index (χ4n) is 0.907. The van der Waals surface area contributed by atoms with Gasteiger partial charge in [0, 0.05) is 4.48 Å². The zero-order valence-corrected chi connectivity index (χ0v) is 8.29. The number of allylic oxidation sites excluding steroid dienone is 1. The van der Waals surface area contributed by atoms with E-state index >= 15 is 0 Å². The second-order valence-electron chi connectivity index (χ2n) is 2.50. The van der Waals surface area contributed by atoms with Gasteiger partial charge in [-0.3, -0.25) is 0 Å². The van der Waals surface area contributed by atoms with Crippen LogP contribution in [0.3, 0.4) is 0 Å². The minimum atomic E-state index is 0.0762.